The van der Waals surface area contributed by atoms with Crippen molar-refractivity contribution in [3.8, 4) is 5.69 Å². The van der Waals surface area contributed by atoms with Crippen molar-refractivity contribution in [2.45, 2.75) is 0 Å². The Hall–Kier alpha value is -3.48. The van der Waals surface area contributed by atoms with Gasteiger partial charge in [-0.05, 0) is 30.3 Å². The van der Waals surface area contributed by atoms with Crippen molar-refractivity contribution in [2.24, 2.45) is 5.73 Å². The van der Waals surface area contributed by atoms with Gasteiger partial charge in [-0.25, -0.2) is 4.68 Å². The zero-order chi connectivity index (χ0) is 16.0. The predicted molar refractivity (Wildman–Crippen MR) is 85.5 cm³/mol. The lowest BCUT2D eigenvalue weighted by Crippen LogP contribution is -2.16. The number of primary amides is 1. The Bertz CT molecular complexity index is 1110. The van der Waals surface area contributed by atoms with E-state index in [1.54, 1.807) is 24.3 Å². The summed E-state index contributed by atoms with van der Waals surface area (Å²) in [5.41, 5.74) is 7.48. The van der Waals surface area contributed by atoms with E-state index in [2.05, 4.69) is 15.3 Å². The second kappa shape index (κ2) is 4.77. The number of rotatable bonds is 2. The maximum atomic E-state index is 12.5. The second-order valence-corrected chi connectivity index (χ2v) is 5.10. The molecule has 0 radical (unpaired) electrons. The van der Waals surface area contributed by atoms with E-state index in [1.807, 2.05) is 24.3 Å². The zero-order valence-corrected chi connectivity index (χ0v) is 11.9. The van der Waals surface area contributed by atoms with Crippen LogP contribution in [0.4, 0.5) is 0 Å². The van der Waals surface area contributed by atoms with Crippen molar-refractivity contribution in [3.63, 3.8) is 0 Å². The fourth-order valence-corrected chi connectivity index (χ4v) is 2.54. The molecule has 3 N–H and O–H groups in total. The van der Waals surface area contributed by atoms with Crippen LogP contribution in [-0.4, -0.2) is 25.9 Å². The van der Waals surface area contributed by atoms with E-state index in [0.717, 1.165) is 5.39 Å². The van der Waals surface area contributed by atoms with Crippen LogP contribution >= 0.6 is 0 Å². The van der Waals surface area contributed by atoms with Gasteiger partial charge >= 0.3 is 0 Å². The van der Waals surface area contributed by atoms with Gasteiger partial charge in [0.05, 0.1) is 16.7 Å². The molecule has 0 saturated heterocycles. The van der Waals surface area contributed by atoms with E-state index in [1.165, 1.54) is 4.68 Å². The SMILES string of the molecule is NC(=O)c1ccc(-n2[nH]c3c(nnc4ccccc43)c2=O)cc1. The monoisotopic (exact) mass is 305 g/mol. The molecular formula is C16H11N5O2. The maximum Gasteiger partial charge on any atom is 0.299 e. The van der Waals surface area contributed by atoms with E-state index in [0.29, 0.717) is 22.3 Å². The smallest absolute Gasteiger partial charge is 0.299 e. The lowest BCUT2D eigenvalue weighted by atomic mass is 10.2. The van der Waals surface area contributed by atoms with Gasteiger partial charge in [-0.3, -0.25) is 14.7 Å². The first-order valence-electron chi connectivity index (χ1n) is 6.91. The molecule has 2 aromatic carbocycles. The largest absolute Gasteiger partial charge is 0.366 e. The van der Waals surface area contributed by atoms with Gasteiger partial charge in [0.2, 0.25) is 5.91 Å². The Labute approximate surface area is 129 Å². The highest BCUT2D eigenvalue weighted by atomic mass is 16.1. The third-order valence-corrected chi connectivity index (χ3v) is 3.71. The van der Waals surface area contributed by atoms with Crippen LogP contribution in [0.15, 0.2) is 53.3 Å². The van der Waals surface area contributed by atoms with Crippen molar-refractivity contribution >= 4 is 27.8 Å². The van der Waals surface area contributed by atoms with Gasteiger partial charge in [0.1, 0.15) is 0 Å². The number of hydrogen-bond acceptors (Lipinski definition) is 4. The molecule has 0 atom stereocenters. The average molecular weight is 305 g/mol. The molecule has 23 heavy (non-hydrogen) atoms. The molecule has 0 aliphatic rings. The summed E-state index contributed by atoms with van der Waals surface area (Å²) in [5, 5.41) is 12.0. The summed E-state index contributed by atoms with van der Waals surface area (Å²) in [6, 6.07) is 13.9. The lowest BCUT2D eigenvalue weighted by molar-refractivity contribution is 0.100. The van der Waals surface area contributed by atoms with Crippen molar-refractivity contribution in [2.75, 3.05) is 0 Å². The molecule has 0 aliphatic carbocycles. The van der Waals surface area contributed by atoms with Gasteiger partial charge < -0.3 is 5.73 Å². The van der Waals surface area contributed by atoms with E-state index < -0.39 is 5.91 Å². The molecule has 4 aromatic rings. The van der Waals surface area contributed by atoms with E-state index in [-0.39, 0.29) is 11.1 Å². The highest BCUT2D eigenvalue weighted by Gasteiger charge is 2.13. The fraction of sp³-hybridized carbons (Fsp3) is 0. The Balaban J connectivity index is 1.97. The summed E-state index contributed by atoms with van der Waals surface area (Å²) >= 11 is 0. The number of nitrogens with one attached hydrogen (secondary N) is 1. The molecule has 4 rings (SSSR count). The summed E-state index contributed by atoms with van der Waals surface area (Å²) in [7, 11) is 0. The highest BCUT2D eigenvalue weighted by Crippen LogP contribution is 2.18. The van der Waals surface area contributed by atoms with Crippen molar-refractivity contribution in [3.05, 3.63) is 64.4 Å². The fourth-order valence-electron chi connectivity index (χ4n) is 2.54. The van der Waals surface area contributed by atoms with E-state index >= 15 is 0 Å². The highest BCUT2D eigenvalue weighted by molar-refractivity contribution is 6.00. The van der Waals surface area contributed by atoms with Crippen LogP contribution in [-0.2, 0) is 0 Å². The van der Waals surface area contributed by atoms with Crippen LogP contribution in [0.25, 0.3) is 27.6 Å². The number of H-pyrrole nitrogens is 1. The minimum atomic E-state index is -0.516. The number of aromatic nitrogens is 4. The minimum Gasteiger partial charge on any atom is -0.366 e. The number of amides is 1. The molecule has 0 saturated carbocycles. The predicted octanol–water partition coefficient (Wildman–Crippen LogP) is 1.36. The number of nitrogens with two attached hydrogens (primary N) is 1. The number of hydrogen-bond donors (Lipinski definition) is 2. The zero-order valence-electron chi connectivity index (χ0n) is 11.9. The minimum absolute atomic E-state index is 0.266. The Morgan fingerprint density at radius 2 is 1.78 bits per heavy atom. The van der Waals surface area contributed by atoms with E-state index in [4.69, 9.17) is 5.73 Å². The van der Waals surface area contributed by atoms with Crippen molar-refractivity contribution < 1.29 is 4.79 Å². The lowest BCUT2D eigenvalue weighted by Gasteiger charge is -2.02. The summed E-state index contributed by atoms with van der Waals surface area (Å²) < 4.78 is 1.37. The molecule has 112 valence electrons. The summed E-state index contributed by atoms with van der Waals surface area (Å²) in [6.45, 7) is 0. The van der Waals surface area contributed by atoms with Crippen LogP contribution in [0, 0.1) is 0 Å². The maximum absolute atomic E-state index is 12.5. The van der Waals surface area contributed by atoms with E-state index in [9.17, 15) is 9.59 Å². The van der Waals surface area contributed by atoms with Crippen molar-refractivity contribution in [1.29, 1.82) is 0 Å². The number of aromatic amines is 1. The average Bonchev–Trinajstić information content (AvgIpc) is 2.92. The van der Waals surface area contributed by atoms with Gasteiger partial charge in [0.25, 0.3) is 5.56 Å². The first-order valence-corrected chi connectivity index (χ1v) is 6.91. The van der Waals surface area contributed by atoms with Gasteiger partial charge in [-0.1, -0.05) is 18.2 Å². The second-order valence-electron chi connectivity index (χ2n) is 5.10. The molecule has 0 spiro atoms. The topological polar surface area (TPSA) is 107 Å². The summed E-state index contributed by atoms with van der Waals surface area (Å²) in [4.78, 5) is 23.7. The van der Waals surface area contributed by atoms with Crippen LogP contribution in [0.3, 0.4) is 0 Å². The molecule has 2 aromatic heterocycles. The normalized spacial score (nSPS) is 11.1. The molecule has 7 nitrogen and oxygen atoms in total. The van der Waals surface area contributed by atoms with Gasteiger partial charge in [-0.15, -0.1) is 10.2 Å². The third-order valence-electron chi connectivity index (χ3n) is 3.71. The van der Waals surface area contributed by atoms with Crippen LogP contribution < -0.4 is 11.3 Å². The Kier molecular flexibility index (Phi) is 2.74. The number of fused-ring (bicyclic) bond motifs is 3. The third kappa shape index (κ3) is 1.98. The van der Waals surface area contributed by atoms with Crippen LogP contribution in [0.5, 0.6) is 0 Å². The van der Waals surface area contributed by atoms with Crippen LogP contribution in [0.2, 0.25) is 0 Å². The summed E-state index contributed by atoms with van der Waals surface area (Å²) in [5.74, 6) is -0.516. The summed E-state index contributed by atoms with van der Waals surface area (Å²) in [6.07, 6.45) is 0. The first-order chi connectivity index (χ1) is 11.1. The number of carbonyl (C=O) groups is 1. The molecule has 2 heterocycles. The van der Waals surface area contributed by atoms with Crippen LogP contribution in [0.1, 0.15) is 10.4 Å². The van der Waals surface area contributed by atoms with Gasteiger partial charge in [0.15, 0.2) is 5.52 Å². The van der Waals surface area contributed by atoms with Crippen molar-refractivity contribution in [1.82, 2.24) is 20.0 Å². The number of carbonyl (C=O) groups excluding carboxylic acids is 1. The molecule has 0 fully saturated rings. The Morgan fingerprint density at radius 1 is 1.04 bits per heavy atom. The number of nitrogens with zero attached hydrogens (tertiary/aromatic N) is 3. The molecule has 0 aliphatic heterocycles. The molecule has 7 heteroatoms. The molecule has 0 unspecified atom stereocenters. The van der Waals surface area contributed by atoms with Gasteiger partial charge in [0, 0.05) is 10.9 Å². The standard InChI is InChI=1S/C16H11N5O2/c17-15(22)9-5-7-10(8-6-9)21-16(23)14-13(20-21)11-3-1-2-4-12(11)18-19-14/h1-8,20H,(H2,17,22). The first kappa shape index (κ1) is 13.2. The molecule has 0 bridgehead atoms. The number of benzene rings is 2. The Morgan fingerprint density at radius 3 is 2.52 bits per heavy atom. The molecular weight excluding hydrogens is 294 g/mol. The molecule has 1 amide bonds. The quantitative estimate of drug-likeness (QED) is 0.583. The van der Waals surface area contributed by atoms with Gasteiger partial charge in [-0.2, -0.15) is 0 Å².